The lowest BCUT2D eigenvalue weighted by atomic mass is 9.97. The number of likely N-dealkylation sites (tertiary alicyclic amines) is 1. The Morgan fingerprint density at radius 3 is 2.62 bits per heavy atom. The molecule has 1 N–H and O–H groups in total. The van der Waals surface area contributed by atoms with Crippen LogP contribution in [0.25, 0.3) is 0 Å². The van der Waals surface area contributed by atoms with E-state index in [1.807, 2.05) is 37.3 Å². The fourth-order valence-electron chi connectivity index (χ4n) is 2.80. The van der Waals surface area contributed by atoms with E-state index in [2.05, 4.69) is 0 Å². The maximum absolute atomic E-state index is 11.7. The number of carbonyl (C=O) groups excluding carboxylic acids is 1. The molecule has 0 atom stereocenters. The summed E-state index contributed by atoms with van der Waals surface area (Å²) in [5.41, 5.74) is 0. The van der Waals surface area contributed by atoms with Gasteiger partial charge in [0.15, 0.2) is 0 Å². The molecule has 0 amide bonds. The topological polar surface area (TPSA) is 40.0 Å². The van der Waals surface area contributed by atoms with Crippen LogP contribution in [0.3, 0.4) is 0 Å². The minimum absolute atomic E-state index is 0.0102. The molecular formula is C17H26NO3+. The number of benzene rings is 1. The Balaban J connectivity index is 1.58. The number of quaternary nitrogens is 1. The Morgan fingerprint density at radius 2 is 1.95 bits per heavy atom. The van der Waals surface area contributed by atoms with Crippen LogP contribution in [-0.2, 0) is 9.53 Å². The molecule has 0 saturated carbocycles. The van der Waals surface area contributed by atoms with Crippen LogP contribution in [0, 0.1) is 5.92 Å². The van der Waals surface area contributed by atoms with Gasteiger partial charge >= 0.3 is 5.97 Å². The van der Waals surface area contributed by atoms with Gasteiger partial charge in [-0.1, -0.05) is 18.2 Å². The zero-order valence-corrected chi connectivity index (χ0v) is 12.8. The van der Waals surface area contributed by atoms with Crippen LogP contribution in [0.2, 0.25) is 0 Å². The molecule has 2 rings (SSSR count). The van der Waals surface area contributed by atoms with Gasteiger partial charge in [-0.3, -0.25) is 4.79 Å². The molecule has 1 saturated heterocycles. The van der Waals surface area contributed by atoms with Crippen LogP contribution in [0.5, 0.6) is 5.75 Å². The minimum atomic E-state index is -0.0102. The van der Waals surface area contributed by atoms with E-state index in [9.17, 15) is 4.79 Å². The van der Waals surface area contributed by atoms with Crippen molar-refractivity contribution in [2.45, 2.75) is 26.2 Å². The highest BCUT2D eigenvalue weighted by Crippen LogP contribution is 2.11. The summed E-state index contributed by atoms with van der Waals surface area (Å²) in [7, 11) is 0. The first kappa shape index (κ1) is 15.8. The molecule has 21 heavy (non-hydrogen) atoms. The molecule has 4 nitrogen and oxygen atoms in total. The summed E-state index contributed by atoms with van der Waals surface area (Å²) in [5.74, 6) is 1.05. The Bertz CT molecular complexity index is 413. The second-order valence-electron chi connectivity index (χ2n) is 5.54. The summed E-state index contributed by atoms with van der Waals surface area (Å²) in [4.78, 5) is 13.2. The lowest BCUT2D eigenvalue weighted by Gasteiger charge is -2.28. The molecule has 0 aliphatic carbocycles. The molecule has 0 bridgehead atoms. The first-order chi connectivity index (χ1) is 10.3. The molecule has 0 aromatic heterocycles. The third-order valence-corrected chi connectivity index (χ3v) is 4.00. The van der Waals surface area contributed by atoms with E-state index in [0.717, 1.165) is 51.3 Å². The normalized spacial score (nSPS) is 21.8. The smallest absolute Gasteiger partial charge is 0.309 e. The predicted molar refractivity (Wildman–Crippen MR) is 81.5 cm³/mol. The standard InChI is InChI=1S/C17H25NO3/c1-2-20-17(19)15-9-12-18(13-10-15)11-6-14-21-16-7-4-3-5-8-16/h3-5,7-8,15H,2,6,9-14H2,1H3/p+1. The van der Waals surface area contributed by atoms with Crippen molar-refractivity contribution in [1.82, 2.24) is 0 Å². The number of para-hydroxylation sites is 1. The predicted octanol–water partition coefficient (Wildman–Crippen LogP) is 1.31. The summed E-state index contributed by atoms with van der Waals surface area (Å²) >= 11 is 0. The number of rotatable bonds is 7. The second kappa shape index (κ2) is 8.67. The highest BCUT2D eigenvalue weighted by Gasteiger charge is 2.27. The van der Waals surface area contributed by atoms with Crippen LogP contribution < -0.4 is 9.64 Å². The second-order valence-corrected chi connectivity index (χ2v) is 5.54. The van der Waals surface area contributed by atoms with Crippen molar-refractivity contribution >= 4 is 5.97 Å². The molecule has 1 aliphatic rings. The lowest BCUT2D eigenvalue weighted by Crippen LogP contribution is -3.13. The number of hydrogen-bond acceptors (Lipinski definition) is 3. The van der Waals surface area contributed by atoms with E-state index in [0.29, 0.717) is 6.61 Å². The van der Waals surface area contributed by atoms with Gasteiger partial charge in [0.05, 0.1) is 38.8 Å². The third kappa shape index (κ3) is 5.38. The average Bonchev–Trinajstić information content (AvgIpc) is 2.53. The number of esters is 1. The van der Waals surface area contributed by atoms with Crippen molar-refractivity contribution in [3.63, 3.8) is 0 Å². The van der Waals surface area contributed by atoms with E-state index < -0.39 is 0 Å². The van der Waals surface area contributed by atoms with Gasteiger partial charge in [0.2, 0.25) is 0 Å². The molecule has 1 heterocycles. The van der Waals surface area contributed by atoms with Crippen molar-refractivity contribution < 1.29 is 19.2 Å². The molecule has 1 fully saturated rings. The zero-order valence-electron chi connectivity index (χ0n) is 12.8. The summed E-state index contributed by atoms with van der Waals surface area (Å²) in [5, 5.41) is 0. The van der Waals surface area contributed by atoms with Crippen LogP contribution in [-0.4, -0.2) is 38.8 Å². The van der Waals surface area contributed by atoms with Crippen molar-refractivity contribution in [2.24, 2.45) is 5.92 Å². The number of hydrogen-bond donors (Lipinski definition) is 1. The van der Waals surface area contributed by atoms with Gasteiger partial charge in [-0.15, -0.1) is 0 Å². The third-order valence-electron chi connectivity index (χ3n) is 4.00. The zero-order chi connectivity index (χ0) is 14.9. The summed E-state index contributed by atoms with van der Waals surface area (Å²) in [6.45, 7) is 6.36. The first-order valence-electron chi connectivity index (χ1n) is 7.97. The van der Waals surface area contributed by atoms with Crippen LogP contribution in [0.4, 0.5) is 0 Å². The monoisotopic (exact) mass is 292 g/mol. The van der Waals surface area contributed by atoms with Crippen molar-refractivity contribution in [1.29, 1.82) is 0 Å². The summed E-state index contributed by atoms with van der Waals surface area (Å²) in [6, 6.07) is 9.93. The van der Waals surface area contributed by atoms with E-state index in [1.165, 1.54) is 0 Å². The van der Waals surface area contributed by atoms with Crippen LogP contribution in [0.15, 0.2) is 30.3 Å². The van der Waals surface area contributed by atoms with Crippen LogP contribution in [0.1, 0.15) is 26.2 Å². The lowest BCUT2D eigenvalue weighted by molar-refractivity contribution is -0.906. The maximum Gasteiger partial charge on any atom is 0.309 e. The number of carbonyl (C=O) groups is 1. The van der Waals surface area contributed by atoms with Gasteiger partial charge < -0.3 is 14.4 Å². The largest absolute Gasteiger partial charge is 0.493 e. The number of piperidine rings is 1. The van der Waals surface area contributed by atoms with E-state index >= 15 is 0 Å². The first-order valence-corrected chi connectivity index (χ1v) is 7.97. The molecule has 1 aromatic carbocycles. The minimum Gasteiger partial charge on any atom is -0.493 e. The summed E-state index contributed by atoms with van der Waals surface area (Å²) in [6.07, 6.45) is 2.95. The van der Waals surface area contributed by atoms with Gasteiger partial charge in [-0.25, -0.2) is 0 Å². The van der Waals surface area contributed by atoms with Crippen LogP contribution >= 0.6 is 0 Å². The molecule has 0 spiro atoms. The quantitative estimate of drug-likeness (QED) is 0.608. The Morgan fingerprint density at radius 1 is 1.24 bits per heavy atom. The highest BCUT2D eigenvalue weighted by molar-refractivity contribution is 5.72. The van der Waals surface area contributed by atoms with Crippen molar-refractivity contribution in [3.8, 4) is 5.75 Å². The Labute approximate surface area is 127 Å². The van der Waals surface area contributed by atoms with Gasteiger partial charge in [0.1, 0.15) is 5.75 Å². The van der Waals surface area contributed by atoms with E-state index in [-0.39, 0.29) is 11.9 Å². The average molecular weight is 292 g/mol. The summed E-state index contributed by atoms with van der Waals surface area (Å²) < 4.78 is 10.8. The molecule has 1 aromatic rings. The van der Waals surface area contributed by atoms with Gasteiger partial charge in [0, 0.05) is 19.3 Å². The molecule has 4 heteroatoms. The maximum atomic E-state index is 11.7. The molecule has 116 valence electrons. The van der Waals surface area contributed by atoms with E-state index in [1.54, 1.807) is 4.90 Å². The molecule has 1 aliphatic heterocycles. The molecule has 0 unspecified atom stereocenters. The van der Waals surface area contributed by atoms with Gasteiger partial charge in [-0.05, 0) is 19.1 Å². The SMILES string of the molecule is CCOC(=O)C1CC[NH+](CCCOc2ccccc2)CC1. The van der Waals surface area contributed by atoms with Crippen molar-refractivity contribution in [3.05, 3.63) is 30.3 Å². The molecule has 0 radical (unpaired) electrons. The number of nitrogens with one attached hydrogen (secondary N) is 1. The van der Waals surface area contributed by atoms with Gasteiger partial charge in [0.25, 0.3) is 0 Å². The van der Waals surface area contributed by atoms with Gasteiger partial charge in [-0.2, -0.15) is 0 Å². The van der Waals surface area contributed by atoms with E-state index in [4.69, 9.17) is 9.47 Å². The van der Waals surface area contributed by atoms with Crippen molar-refractivity contribution in [2.75, 3.05) is 32.8 Å². The Kier molecular flexibility index (Phi) is 6.54. The fraction of sp³-hybridized carbons (Fsp3) is 0.588. The highest BCUT2D eigenvalue weighted by atomic mass is 16.5. The number of ether oxygens (including phenoxy) is 2. The molecular weight excluding hydrogens is 266 g/mol. The Hall–Kier alpha value is -1.55. The fourth-order valence-corrected chi connectivity index (χ4v) is 2.80.